The molecule has 2 amide bonds. The van der Waals surface area contributed by atoms with Crippen LogP contribution in [0.5, 0.6) is 0 Å². The van der Waals surface area contributed by atoms with Crippen molar-refractivity contribution in [1.29, 1.82) is 0 Å². The number of hydrogen-bond donors (Lipinski definition) is 2. The number of nitrogens with zero attached hydrogens (tertiary/aromatic N) is 1. The number of rotatable bonds is 1. The highest BCUT2D eigenvalue weighted by Gasteiger charge is 2.49. The largest absolute Gasteiger partial charge is 0.399 e. The van der Waals surface area contributed by atoms with E-state index in [4.69, 9.17) is 5.73 Å². The van der Waals surface area contributed by atoms with Crippen molar-refractivity contribution in [1.82, 2.24) is 5.32 Å². The minimum atomic E-state index is -0.928. The lowest BCUT2D eigenvalue weighted by Gasteiger charge is -2.35. The van der Waals surface area contributed by atoms with Crippen LogP contribution >= 0.6 is 0 Å². The molecule has 1 spiro atoms. The van der Waals surface area contributed by atoms with Gasteiger partial charge in [0.05, 0.1) is 0 Å². The van der Waals surface area contributed by atoms with E-state index in [0.29, 0.717) is 29.9 Å². The van der Waals surface area contributed by atoms with Gasteiger partial charge in [0.15, 0.2) is 0 Å². The number of carbonyl (C=O) groups is 2. The zero-order valence-corrected chi connectivity index (χ0v) is 11.2. The third-order valence-electron chi connectivity index (χ3n) is 4.16. The lowest BCUT2D eigenvalue weighted by Crippen LogP contribution is -2.53. The summed E-state index contributed by atoms with van der Waals surface area (Å²) in [6, 6.07) is 7.00. The van der Waals surface area contributed by atoms with Crippen LogP contribution < -0.4 is 11.1 Å². The zero-order chi connectivity index (χ0) is 14.2. The summed E-state index contributed by atoms with van der Waals surface area (Å²) in [5, 5.41) is 2.79. The molecule has 0 radical (unpaired) electrons. The normalized spacial score (nSPS) is 21.5. The molecule has 3 N–H and O–H groups in total. The maximum atomic E-state index is 12.4. The molecular weight excluding hydrogens is 254 g/mol. The SMILES string of the molecule is Nc1cccc(C2=NC(=O)C3(CCCCC3)C(=O)N2)c1. The molecule has 5 nitrogen and oxygen atoms in total. The fourth-order valence-electron chi connectivity index (χ4n) is 2.98. The predicted octanol–water partition coefficient (Wildman–Crippen LogP) is 1.62. The van der Waals surface area contributed by atoms with Crippen LogP contribution in [0.3, 0.4) is 0 Å². The Kier molecular flexibility index (Phi) is 3.04. The van der Waals surface area contributed by atoms with Gasteiger partial charge >= 0.3 is 0 Å². The molecule has 0 atom stereocenters. The first kappa shape index (κ1) is 12.8. The van der Waals surface area contributed by atoms with E-state index in [1.54, 1.807) is 24.3 Å². The molecular formula is C15H17N3O2. The van der Waals surface area contributed by atoms with Crippen LogP contribution in [0, 0.1) is 5.41 Å². The van der Waals surface area contributed by atoms with Gasteiger partial charge in [0.1, 0.15) is 11.3 Å². The molecule has 5 heteroatoms. The summed E-state index contributed by atoms with van der Waals surface area (Å²) >= 11 is 0. The van der Waals surface area contributed by atoms with E-state index in [-0.39, 0.29) is 11.8 Å². The molecule has 2 aliphatic rings. The average Bonchev–Trinajstić information content (AvgIpc) is 2.46. The second kappa shape index (κ2) is 4.74. The van der Waals surface area contributed by atoms with E-state index in [2.05, 4.69) is 10.3 Å². The zero-order valence-electron chi connectivity index (χ0n) is 11.2. The van der Waals surface area contributed by atoms with Gasteiger partial charge in [0, 0.05) is 11.3 Å². The Morgan fingerprint density at radius 2 is 1.90 bits per heavy atom. The Morgan fingerprint density at radius 3 is 2.55 bits per heavy atom. The summed E-state index contributed by atoms with van der Waals surface area (Å²) in [5.41, 5.74) is 6.03. The van der Waals surface area contributed by atoms with Gasteiger partial charge in [-0.2, -0.15) is 4.99 Å². The fraction of sp³-hybridized carbons (Fsp3) is 0.400. The molecule has 20 heavy (non-hydrogen) atoms. The number of nitrogen functional groups attached to an aromatic ring is 1. The molecule has 0 saturated heterocycles. The van der Waals surface area contributed by atoms with Gasteiger partial charge in [-0.1, -0.05) is 31.4 Å². The molecule has 0 aromatic heterocycles. The fourth-order valence-corrected chi connectivity index (χ4v) is 2.98. The molecule has 0 unspecified atom stereocenters. The summed E-state index contributed by atoms with van der Waals surface area (Å²) in [5.74, 6) is -0.212. The van der Waals surface area contributed by atoms with Crippen molar-refractivity contribution in [2.24, 2.45) is 10.4 Å². The van der Waals surface area contributed by atoms with Gasteiger partial charge in [-0.05, 0) is 25.0 Å². The first-order chi connectivity index (χ1) is 9.62. The van der Waals surface area contributed by atoms with Crippen LogP contribution in [0.4, 0.5) is 5.69 Å². The summed E-state index contributed by atoms with van der Waals surface area (Å²) in [6.07, 6.45) is 4.09. The van der Waals surface area contributed by atoms with Crippen molar-refractivity contribution in [2.45, 2.75) is 32.1 Å². The summed E-state index contributed by atoms with van der Waals surface area (Å²) in [6.45, 7) is 0. The van der Waals surface area contributed by atoms with Gasteiger partial charge in [0.25, 0.3) is 5.91 Å². The molecule has 0 bridgehead atoms. The van der Waals surface area contributed by atoms with E-state index in [9.17, 15) is 9.59 Å². The third kappa shape index (κ3) is 1.99. The van der Waals surface area contributed by atoms with Crippen molar-refractivity contribution in [3.05, 3.63) is 29.8 Å². The second-order valence-corrected chi connectivity index (χ2v) is 5.49. The van der Waals surface area contributed by atoms with Gasteiger partial charge in [-0.15, -0.1) is 0 Å². The van der Waals surface area contributed by atoms with Gasteiger partial charge in [-0.3, -0.25) is 9.59 Å². The number of nitrogens with two attached hydrogens (primary N) is 1. The lowest BCUT2D eigenvalue weighted by molar-refractivity contribution is -0.144. The number of amides is 2. The number of nitrogens with one attached hydrogen (secondary N) is 1. The lowest BCUT2D eigenvalue weighted by atomic mass is 9.72. The second-order valence-electron chi connectivity index (χ2n) is 5.49. The number of anilines is 1. The molecule has 1 aromatic carbocycles. The van der Waals surface area contributed by atoms with Crippen LogP contribution in [-0.2, 0) is 9.59 Å². The van der Waals surface area contributed by atoms with Crippen LogP contribution in [0.1, 0.15) is 37.7 Å². The quantitative estimate of drug-likeness (QED) is 0.601. The van der Waals surface area contributed by atoms with Crippen molar-refractivity contribution in [2.75, 3.05) is 5.73 Å². The van der Waals surface area contributed by atoms with Crippen molar-refractivity contribution >= 4 is 23.3 Å². The Balaban J connectivity index is 1.96. The Morgan fingerprint density at radius 1 is 1.15 bits per heavy atom. The molecule has 1 aliphatic carbocycles. The molecule has 1 saturated carbocycles. The van der Waals surface area contributed by atoms with E-state index >= 15 is 0 Å². The highest BCUT2D eigenvalue weighted by atomic mass is 16.2. The van der Waals surface area contributed by atoms with Crippen molar-refractivity contribution < 1.29 is 9.59 Å². The van der Waals surface area contributed by atoms with Crippen molar-refractivity contribution in [3.63, 3.8) is 0 Å². The highest BCUT2D eigenvalue weighted by molar-refractivity contribution is 6.23. The first-order valence-corrected chi connectivity index (χ1v) is 6.92. The summed E-state index contributed by atoms with van der Waals surface area (Å²) in [4.78, 5) is 28.9. The molecule has 104 valence electrons. The van der Waals surface area contributed by atoms with Crippen LogP contribution in [0.2, 0.25) is 0 Å². The maximum absolute atomic E-state index is 12.4. The van der Waals surface area contributed by atoms with E-state index in [1.165, 1.54) is 0 Å². The van der Waals surface area contributed by atoms with Gasteiger partial charge in [-0.25, -0.2) is 0 Å². The summed E-state index contributed by atoms with van der Waals surface area (Å²) in [7, 11) is 0. The Bertz CT molecular complexity index is 601. The predicted molar refractivity (Wildman–Crippen MR) is 76.1 cm³/mol. The smallest absolute Gasteiger partial charge is 0.263 e. The van der Waals surface area contributed by atoms with E-state index < -0.39 is 5.41 Å². The van der Waals surface area contributed by atoms with Crippen LogP contribution in [0.15, 0.2) is 29.3 Å². The molecule has 1 heterocycles. The molecule has 1 fully saturated rings. The minimum absolute atomic E-state index is 0.213. The number of hydrogen-bond acceptors (Lipinski definition) is 3. The minimum Gasteiger partial charge on any atom is -0.399 e. The molecule has 1 aromatic rings. The van der Waals surface area contributed by atoms with Crippen LogP contribution in [0.25, 0.3) is 0 Å². The van der Waals surface area contributed by atoms with E-state index in [0.717, 1.165) is 19.3 Å². The third-order valence-corrected chi connectivity index (χ3v) is 4.16. The number of benzene rings is 1. The highest BCUT2D eigenvalue weighted by Crippen LogP contribution is 2.39. The van der Waals surface area contributed by atoms with E-state index in [1.807, 2.05) is 0 Å². The summed E-state index contributed by atoms with van der Waals surface area (Å²) < 4.78 is 0. The molecule has 1 aliphatic heterocycles. The average molecular weight is 271 g/mol. The van der Waals surface area contributed by atoms with Crippen molar-refractivity contribution in [3.8, 4) is 0 Å². The van der Waals surface area contributed by atoms with Gasteiger partial charge in [0.2, 0.25) is 5.91 Å². The number of amidine groups is 1. The number of carbonyl (C=O) groups excluding carboxylic acids is 2. The Labute approximate surface area is 117 Å². The van der Waals surface area contributed by atoms with Gasteiger partial charge < -0.3 is 11.1 Å². The maximum Gasteiger partial charge on any atom is 0.263 e. The van der Waals surface area contributed by atoms with Crippen LogP contribution in [-0.4, -0.2) is 17.6 Å². The monoisotopic (exact) mass is 271 g/mol. The first-order valence-electron chi connectivity index (χ1n) is 6.92. The standard InChI is InChI=1S/C15H17N3O2/c16-11-6-4-5-10(9-11)12-17-13(19)15(14(20)18-12)7-2-1-3-8-15/h4-6,9H,1-3,7-8,16H2,(H,17,18,19,20). The molecule has 3 rings (SSSR count). The number of aliphatic imine (C=N–C) groups is 1. The topological polar surface area (TPSA) is 84.5 Å². The Hall–Kier alpha value is -2.17.